The molecule has 6 N–H and O–H groups in total. The van der Waals surface area contributed by atoms with Crippen LogP contribution in [0.15, 0.2) is 77.2 Å². The van der Waals surface area contributed by atoms with Crippen molar-refractivity contribution < 1.29 is 67.7 Å². The van der Waals surface area contributed by atoms with Crippen molar-refractivity contribution in [3.05, 3.63) is 89.7 Å². The Hall–Kier alpha value is -7.24. The zero-order valence-corrected chi connectivity index (χ0v) is 32.2. The molecular weight excluding hydrogens is 772 g/mol. The summed E-state index contributed by atoms with van der Waals surface area (Å²) in [5, 5.41) is 37.3. The Morgan fingerprint density at radius 3 is 2.24 bits per heavy atom. The van der Waals surface area contributed by atoms with Crippen molar-refractivity contribution in [2.75, 3.05) is 13.3 Å². The number of benzene rings is 3. The Morgan fingerprint density at radius 2 is 1.58 bits per heavy atom. The molecule has 0 aliphatic carbocycles. The molecule has 59 heavy (non-hydrogen) atoms. The fourth-order valence-electron chi connectivity index (χ4n) is 6.16. The van der Waals surface area contributed by atoms with Gasteiger partial charge in [0.05, 0.1) is 36.2 Å². The number of hydrogen-bond donors (Lipinski definition) is 6. The van der Waals surface area contributed by atoms with Crippen molar-refractivity contribution in [1.29, 1.82) is 0 Å². The Kier molecular flexibility index (Phi) is 16.1. The highest BCUT2D eigenvalue weighted by Gasteiger charge is 2.34. The minimum atomic E-state index is -1.79. The highest BCUT2D eigenvalue weighted by Crippen LogP contribution is 2.30. The van der Waals surface area contributed by atoms with Gasteiger partial charge in [-0.25, -0.2) is 14.4 Å². The number of ether oxygens (including phenoxy) is 1. The number of hydroxylamine groups is 2. The predicted molar refractivity (Wildman–Crippen MR) is 208 cm³/mol. The van der Waals surface area contributed by atoms with Crippen LogP contribution in [0, 0.1) is 5.92 Å². The molecule has 0 aliphatic heterocycles. The number of carboxylic acids is 3. The molecule has 18 heteroatoms. The minimum Gasteiger partial charge on any atom is -0.481 e. The number of carboxylic acid groups (broad SMARTS) is 3. The van der Waals surface area contributed by atoms with E-state index in [1.165, 1.54) is 30.3 Å². The fourth-order valence-corrected chi connectivity index (χ4v) is 6.16. The summed E-state index contributed by atoms with van der Waals surface area (Å²) < 4.78 is 10.9. The van der Waals surface area contributed by atoms with Gasteiger partial charge < -0.3 is 45.3 Å². The molecular formula is C41H44N4O14. The van der Waals surface area contributed by atoms with Crippen molar-refractivity contribution in [2.24, 2.45) is 5.92 Å². The number of carbonyl (C=O) groups excluding carboxylic acids is 5. The molecule has 1 aromatic heterocycles. The third-order valence-corrected chi connectivity index (χ3v) is 9.13. The molecule has 1 heterocycles. The first-order chi connectivity index (χ1) is 28.3. The summed E-state index contributed by atoms with van der Waals surface area (Å²) in [4.78, 5) is 104. The van der Waals surface area contributed by atoms with Crippen LogP contribution in [0.25, 0.3) is 22.1 Å². The lowest BCUT2D eigenvalue weighted by Crippen LogP contribution is -2.49. The molecule has 0 radical (unpaired) electrons. The average Bonchev–Trinajstić information content (AvgIpc) is 3.72. The summed E-state index contributed by atoms with van der Waals surface area (Å²) in [6, 6.07) is 16.3. The lowest BCUT2D eigenvalue weighted by atomic mass is 9.90. The topological polar surface area (TPSA) is 268 Å². The summed E-state index contributed by atoms with van der Waals surface area (Å²) in [6.45, 7) is 2.52. The van der Waals surface area contributed by atoms with E-state index in [-0.39, 0.29) is 47.0 Å². The van der Waals surface area contributed by atoms with Crippen LogP contribution < -0.4 is 20.7 Å². The summed E-state index contributed by atoms with van der Waals surface area (Å²) in [6.07, 6.45) is 2.36. The average molecular weight is 817 g/mol. The van der Waals surface area contributed by atoms with E-state index < -0.39 is 72.6 Å². The van der Waals surface area contributed by atoms with E-state index in [1.54, 1.807) is 25.1 Å². The van der Waals surface area contributed by atoms with Gasteiger partial charge in [-0.15, -0.1) is 0 Å². The van der Waals surface area contributed by atoms with Crippen molar-refractivity contribution in [3.63, 3.8) is 0 Å². The molecule has 3 unspecified atom stereocenters. The first-order valence-electron chi connectivity index (χ1n) is 18.6. The quantitative estimate of drug-likeness (QED) is 0.0265. The van der Waals surface area contributed by atoms with E-state index in [4.69, 9.17) is 24.2 Å². The Balaban J connectivity index is 1.43. The molecule has 312 valence electrons. The number of nitrogens with zero attached hydrogens (tertiary/aromatic N) is 1. The molecule has 0 aliphatic rings. The molecule has 3 aromatic carbocycles. The van der Waals surface area contributed by atoms with Gasteiger partial charge in [-0.05, 0) is 60.0 Å². The number of hydrogen-bond acceptors (Lipinski definition) is 11. The summed E-state index contributed by atoms with van der Waals surface area (Å²) in [7, 11) is 0. The van der Waals surface area contributed by atoms with Crippen LogP contribution in [-0.4, -0.2) is 93.8 Å². The molecule has 4 amide bonds. The maximum Gasteiger partial charge on any atom is 0.363 e. The van der Waals surface area contributed by atoms with Crippen molar-refractivity contribution in [1.82, 2.24) is 21.0 Å². The van der Waals surface area contributed by atoms with Crippen LogP contribution in [0.1, 0.15) is 83.6 Å². The maximum atomic E-state index is 13.6. The van der Waals surface area contributed by atoms with E-state index >= 15 is 0 Å². The number of unbranched alkanes of at least 4 members (excludes halogenated alkanes) is 2. The molecule has 0 bridgehead atoms. The normalized spacial score (nSPS) is 12.3. The molecule has 0 saturated heterocycles. The fraction of sp³-hybridized carbons (Fsp3) is 0.317. The SMILES string of the molecule is CCCCCC(C(=O)NCNC(=O)c1ccc(-c2ccc(C(=O)NC(CC(=O)O)C(=O)O)c(OCC(=O)O)c2)o1)C(CC)N(C=O)OC(=O)c1ccc2ccccc2c1. The van der Waals surface area contributed by atoms with Gasteiger partial charge in [0, 0.05) is 5.56 Å². The van der Waals surface area contributed by atoms with Crippen molar-refractivity contribution in [3.8, 4) is 17.1 Å². The second-order valence-corrected chi connectivity index (χ2v) is 13.2. The standard InChI is InChI=1S/C41H44N4O14/c1-3-5-6-11-28(31(4-2)45(23-46)59-41(56)27-13-12-24-9-7-8-10-25(24)18-27)37(51)42-22-43-39(53)33-17-16-32(58-33)26-14-15-29(34(19-26)57-21-36(49)50)38(52)44-30(40(54)55)20-35(47)48/h7-10,12-19,23,28,30-31H,3-6,11,20-22H2,1-2H3,(H,42,51)(H,43,53)(H,44,52)(H,47,48)(H,49,50)(H,54,55). The zero-order valence-electron chi connectivity index (χ0n) is 32.2. The number of nitrogens with one attached hydrogen (secondary N) is 3. The van der Waals surface area contributed by atoms with E-state index in [1.807, 2.05) is 31.2 Å². The molecule has 3 atom stereocenters. The Labute approximate surface area is 337 Å². The number of fused-ring (bicyclic) bond motifs is 1. The van der Waals surface area contributed by atoms with E-state index in [2.05, 4.69) is 16.0 Å². The van der Waals surface area contributed by atoms with Gasteiger partial charge >= 0.3 is 23.9 Å². The monoisotopic (exact) mass is 816 g/mol. The van der Waals surface area contributed by atoms with E-state index in [9.17, 15) is 43.5 Å². The molecule has 0 spiro atoms. The van der Waals surface area contributed by atoms with Crippen molar-refractivity contribution >= 4 is 58.8 Å². The van der Waals surface area contributed by atoms with Crippen LogP contribution in [0.2, 0.25) is 0 Å². The molecule has 4 rings (SSSR count). The molecule has 0 saturated carbocycles. The van der Waals surface area contributed by atoms with Gasteiger partial charge in [0.25, 0.3) is 11.8 Å². The third-order valence-electron chi connectivity index (χ3n) is 9.13. The van der Waals surface area contributed by atoms with Gasteiger partial charge in [0.2, 0.25) is 12.3 Å². The second kappa shape index (κ2) is 21.3. The third kappa shape index (κ3) is 12.4. The van der Waals surface area contributed by atoms with Gasteiger partial charge in [0.15, 0.2) is 12.4 Å². The van der Waals surface area contributed by atoms with Crippen LogP contribution >= 0.6 is 0 Å². The Morgan fingerprint density at radius 1 is 0.831 bits per heavy atom. The number of aliphatic carboxylic acids is 3. The van der Waals surface area contributed by atoms with E-state index in [0.29, 0.717) is 19.3 Å². The first-order valence-corrected chi connectivity index (χ1v) is 18.6. The summed E-state index contributed by atoms with van der Waals surface area (Å²) >= 11 is 0. The molecule has 0 fully saturated rings. The molecule has 4 aromatic rings. The van der Waals surface area contributed by atoms with Crippen LogP contribution in [0.4, 0.5) is 0 Å². The van der Waals surface area contributed by atoms with Gasteiger partial charge in [-0.2, -0.15) is 5.06 Å². The lowest BCUT2D eigenvalue weighted by Gasteiger charge is -2.31. The van der Waals surface area contributed by atoms with Crippen LogP contribution in [0.5, 0.6) is 5.75 Å². The number of amides is 4. The predicted octanol–water partition coefficient (Wildman–Crippen LogP) is 4.23. The minimum absolute atomic E-state index is 0.0783. The largest absolute Gasteiger partial charge is 0.481 e. The van der Waals surface area contributed by atoms with Gasteiger partial charge in [-0.3, -0.25) is 24.0 Å². The maximum absolute atomic E-state index is 13.6. The molecule has 18 nitrogen and oxygen atoms in total. The Bertz CT molecular complexity index is 2180. The van der Waals surface area contributed by atoms with Gasteiger partial charge in [-0.1, -0.05) is 69.5 Å². The van der Waals surface area contributed by atoms with Crippen molar-refractivity contribution in [2.45, 2.75) is 64.5 Å². The van der Waals surface area contributed by atoms with Gasteiger partial charge in [0.1, 0.15) is 17.6 Å². The highest BCUT2D eigenvalue weighted by atomic mass is 16.7. The van der Waals surface area contributed by atoms with Crippen LogP contribution in [0.3, 0.4) is 0 Å². The summed E-state index contributed by atoms with van der Waals surface area (Å²) in [5.41, 5.74) is 0.138. The number of furan rings is 1. The van der Waals surface area contributed by atoms with E-state index in [0.717, 1.165) is 28.7 Å². The first kappa shape index (κ1) is 44.5. The highest BCUT2D eigenvalue weighted by molar-refractivity contribution is 6.00. The lowest BCUT2D eigenvalue weighted by molar-refractivity contribution is -0.171. The number of rotatable bonds is 23. The number of carbonyl (C=O) groups is 8. The second-order valence-electron chi connectivity index (χ2n) is 13.2. The zero-order chi connectivity index (χ0) is 43.1. The summed E-state index contributed by atoms with van der Waals surface area (Å²) in [5.74, 6) is -8.77. The van der Waals surface area contributed by atoms with Crippen LogP contribution in [-0.2, 0) is 28.8 Å². The smallest absolute Gasteiger partial charge is 0.363 e.